The molecule has 0 N–H and O–H groups in total. The summed E-state index contributed by atoms with van der Waals surface area (Å²) < 4.78 is 2.47. The Labute approximate surface area is 229 Å². The zero-order valence-electron chi connectivity index (χ0n) is 22.4. The fraction of sp³-hybridized carbons (Fsp3) is 0.0833. The molecule has 5 aromatic carbocycles. The molecule has 0 amide bonds. The van der Waals surface area contributed by atoms with Gasteiger partial charge >= 0.3 is 0 Å². The molecule has 0 aliphatic carbocycles. The van der Waals surface area contributed by atoms with Gasteiger partial charge in [0, 0.05) is 33.7 Å². The molecule has 0 bridgehead atoms. The van der Waals surface area contributed by atoms with Gasteiger partial charge in [-0.1, -0.05) is 116 Å². The van der Waals surface area contributed by atoms with Crippen molar-refractivity contribution in [3.05, 3.63) is 115 Å². The maximum Gasteiger partial charge on any atom is 0.0802 e. The van der Waals surface area contributed by atoms with Gasteiger partial charge in [0.15, 0.2) is 0 Å². The molecular formula is C36H28N2Si. The molecule has 0 radical (unpaired) electrons. The fourth-order valence-electron chi connectivity index (χ4n) is 6.61. The number of nitrogens with zero attached hydrogens (tertiary/aromatic N) is 2. The number of aromatic nitrogens is 2. The van der Waals surface area contributed by atoms with E-state index in [-0.39, 0.29) is 0 Å². The van der Waals surface area contributed by atoms with E-state index >= 15 is 0 Å². The first-order valence-corrected chi connectivity index (χ1v) is 17.2. The predicted molar refractivity (Wildman–Crippen MR) is 169 cm³/mol. The summed E-state index contributed by atoms with van der Waals surface area (Å²) in [5, 5.41) is 6.62. The van der Waals surface area contributed by atoms with Crippen LogP contribution in [0.25, 0.3) is 71.8 Å². The van der Waals surface area contributed by atoms with Gasteiger partial charge in [0.2, 0.25) is 0 Å². The highest BCUT2D eigenvalue weighted by Crippen LogP contribution is 2.47. The van der Waals surface area contributed by atoms with Gasteiger partial charge in [0.1, 0.15) is 0 Å². The summed E-state index contributed by atoms with van der Waals surface area (Å²) in [4.78, 5) is 5.08. The molecule has 0 saturated carbocycles. The first kappa shape index (κ1) is 22.5. The quantitative estimate of drug-likeness (QED) is 0.209. The fourth-order valence-corrected chi connectivity index (χ4v) is 8.24. The Morgan fingerprint density at radius 2 is 1.28 bits per heavy atom. The molecule has 186 valence electrons. The summed E-state index contributed by atoms with van der Waals surface area (Å²) in [5.74, 6) is 0. The molecule has 0 spiro atoms. The van der Waals surface area contributed by atoms with Gasteiger partial charge in [-0.25, -0.2) is 0 Å². The first-order valence-electron chi connectivity index (χ1n) is 13.7. The maximum atomic E-state index is 5.08. The number of rotatable bonds is 2. The molecule has 3 heterocycles. The molecule has 0 unspecified atom stereocenters. The lowest BCUT2D eigenvalue weighted by molar-refractivity contribution is 1.18. The van der Waals surface area contributed by atoms with Crippen molar-refractivity contribution in [3.8, 4) is 39.2 Å². The van der Waals surface area contributed by atoms with Crippen LogP contribution in [0.4, 0.5) is 0 Å². The lowest BCUT2D eigenvalue weighted by atomic mass is 9.93. The van der Waals surface area contributed by atoms with Crippen molar-refractivity contribution < 1.29 is 0 Å². The van der Waals surface area contributed by atoms with Crippen molar-refractivity contribution in [3.63, 3.8) is 0 Å². The smallest absolute Gasteiger partial charge is 0.0802 e. The Balaban J connectivity index is 1.55. The number of hydrogen-bond donors (Lipinski definition) is 0. The van der Waals surface area contributed by atoms with Crippen LogP contribution in [0, 0.1) is 0 Å². The van der Waals surface area contributed by atoms with Crippen molar-refractivity contribution in [1.82, 2.24) is 9.55 Å². The molecule has 0 saturated heterocycles. The number of hydrogen-bond acceptors (Lipinski definition) is 1. The third-order valence-electron chi connectivity index (χ3n) is 8.29. The Morgan fingerprint density at radius 3 is 2.10 bits per heavy atom. The van der Waals surface area contributed by atoms with E-state index < -0.39 is 8.07 Å². The molecule has 0 atom stereocenters. The van der Waals surface area contributed by atoms with E-state index in [0.717, 1.165) is 5.69 Å². The monoisotopic (exact) mass is 516 g/mol. The maximum absolute atomic E-state index is 5.08. The van der Waals surface area contributed by atoms with Crippen LogP contribution in [0.15, 0.2) is 115 Å². The molecular weight excluding hydrogens is 488 g/mol. The van der Waals surface area contributed by atoms with Gasteiger partial charge in [-0.15, -0.1) is 0 Å². The minimum Gasteiger partial charge on any atom is -0.308 e. The van der Waals surface area contributed by atoms with Crippen LogP contribution in [0.5, 0.6) is 0 Å². The topological polar surface area (TPSA) is 17.8 Å². The number of para-hydroxylation sites is 2. The summed E-state index contributed by atoms with van der Waals surface area (Å²) in [6, 6.07) is 40.2. The van der Waals surface area contributed by atoms with Crippen LogP contribution in [-0.2, 0) is 0 Å². The van der Waals surface area contributed by atoms with Gasteiger partial charge < -0.3 is 4.57 Å². The van der Waals surface area contributed by atoms with Gasteiger partial charge in [0.05, 0.1) is 30.5 Å². The average molecular weight is 517 g/mol. The summed E-state index contributed by atoms with van der Waals surface area (Å²) in [5.41, 5.74) is 11.0. The molecule has 1 aliphatic heterocycles. The van der Waals surface area contributed by atoms with Gasteiger partial charge in [-0.05, 0) is 40.1 Å². The zero-order chi connectivity index (χ0) is 26.3. The van der Waals surface area contributed by atoms with Crippen LogP contribution in [0.1, 0.15) is 0 Å². The molecule has 2 nitrogen and oxygen atoms in total. The first-order chi connectivity index (χ1) is 19.0. The van der Waals surface area contributed by atoms with E-state index in [0.29, 0.717) is 0 Å². The normalized spacial score (nSPS) is 12.5. The Kier molecular flexibility index (Phi) is 4.62. The van der Waals surface area contributed by atoms with Crippen molar-refractivity contribution in [2.24, 2.45) is 0 Å². The second kappa shape index (κ2) is 8.01. The van der Waals surface area contributed by atoms with Crippen molar-refractivity contribution in [2.45, 2.75) is 19.6 Å². The third-order valence-corrected chi connectivity index (χ3v) is 10.3. The van der Waals surface area contributed by atoms with E-state index in [1.807, 2.05) is 6.20 Å². The van der Waals surface area contributed by atoms with Gasteiger partial charge in [0.25, 0.3) is 0 Å². The van der Waals surface area contributed by atoms with Crippen LogP contribution < -0.4 is 5.19 Å². The average Bonchev–Trinajstić information content (AvgIpc) is 3.24. The second-order valence-electron chi connectivity index (χ2n) is 11.6. The highest BCUT2D eigenvalue weighted by atomic mass is 28.3. The van der Waals surface area contributed by atoms with Crippen LogP contribution in [0.2, 0.25) is 19.6 Å². The highest BCUT2D eigenvalue weighted by Gasteiger charge is 2.26. The minimum atomic E-state index is -1.61. The number of pyridine rings is 1. The lowest BCUT2D eigenvalue weighted by Gasteiger charge is -2.21. The summed E-state index contributed by atoms with van der Waals surface area (Å²) in [6.07, 6.45) is 1.99. The molecule has 1 aliphatic rings. The zero-order valence-corrected chi connectivity index (χ0v) is 23.4. The minimum absolute atomic E-state index is 1.06. The number of benzene rings is 5. The van der Waals surface area contributed by atoms with E-state index in [9.17, 15) is 0 Å². The predicted octanol–water partition coefficient (Wildman–Crippen LogP) is 9.19. The van der Waals surface area contributed by atoms with Crippen LogP contribution in [0.3, 0.4) is 0 Å². The molecule has 2 aromatic heterocycles. The van der Waals surface area contributed by atoms with E-state index in [1.165, 1.54) is 71.3 Å². The highest BCUT2D eigenvalue weighted by molar-refractivity contribution is 6.90. The van der Waals surface area contributed by atoms with E-state index in [4.69, 9.17) is 4.98 Å². The summed E-state index contributed by atoms with van der Waals surface area (Å²) >= 11 is 0. The van der Waals surface area contributed by atoms with Crippen molar-refractivity contribution in [1.29, 1.82) is 0 Å². The summed E-state index contributed by atoms with van der Waals surface area (Å²) in [6.45, 7) is 7.31. The van der Waals surface area contributed by atoms with E-state index in [1.54, 1.807) is 0 Å². The lowest BCUT2D eigenvalue weighted by Crippen LogP contribution is -2.38. The number of fused-ring (bicyclic) bond motifs is 9. The molecule has 7 aromatic rings. The largest absolute Gasteiger partial charge is 0.308 e. The SMILES string of the molecule is C[Si](C)(C)c1cc(-c2nccc3c2c2cccc4c2n3-c2ccccc2-c2ccccc2-4)cc2ccccc12. The third kappa shape index (κ3) is 3.17. The van der Waals surface area contributed by atoms with E-state index in [2.05, 4.69) is 133 Å². The standard InChI is InChI=1S/C36H28N2Si/c1-39(2,3)33-22-24(21-23-11-4-5-12-25(23)33)35-34-30-17-10-16-29-27-14-7-6-13-26(27)28-15-8-9-18-31(28)38(36(29)30)32(34)19-20-37-35/h4-22H,1-3H3. The molecule has 0 fully saturated rings. The Hall–Kier alpha value is -4.47. The van der Waals surface area contributed by atoms with Gasteiger partial charge in [-0.2, -0.15) is 0 Å². The van der Waals surface area contributed by atoms with Crippen molar-refractivity contribution in [2.75, 3.05) is 0 Å². The summed E-state index contributed by atoms with van der Waals surface area (Å²) in [7, 11) is -1.61. The molecule has 39 heavy (non-hydrogen) atoms. The second-order valence-corrected chi connectivity index (χ2v) is 16.7. The van der Waals surface area contributed by atoms with Crippen LogP contribution >= 0.6 is 0 Å². The molecule has 3 heteroatoms. The van der Waals surface area contributed by atoms with Crippen LogP contribution in [-0.4, -0.2) is 17.6 Å². The van der Waals surface area contributed by atoms with Crippen molar-refractivity contribution >= 4 is 45.8 Å². The van der Waals surface area contributed by atoms with Gasteiger partial charge in [-0.3, -0.25) is 4.98 Å². The Morgan fingerprint density at radius 1 is 0.615 bits per heavy atom. The molecule has 8 rings (SSSR count). The Bertz CT molecular complexity index is 2110.